The van der Waals surface area contributed by atoms with Crippen molar-refractivity contribution in [3.8, 4) is 11.5 Å². The molecular weight excluding hydrogens is 852 g/mol. The second-order valence-electron chi connectivity index (χ2n) is 18.3. The molecule has 18 nitrogen and oxygen atoms in total. The first-order valence-electron chi connectivity index (χ1n) is 21.6. The molecule has 5 heterocycles. The van der Waals surface area contributed by atoms with Gasteiger partial charge in [-0.2, -0.15) is 0 Å². The summed E-state index contributed by atoms with van der Waals surface area (Å²) in [6.07, 6.45) is -9.83. The summed E-state index contributed by atoms with van der Waals surface area (Å²) in [5.41, 5.74) is -0.253. The van der Waals surface area contributed by atoms with Crippen LogP contribution in [0.2, 0.25) is 0 Å². The van der Waals surface area contributed by atoms with Crippen molar-refractivity contribution >= 4 is 40.6 Å². The van der Waals surface area contributed by atoms with Crippen LogP contribution >= 0.6 is 0 Å². The minimum atomic E-state index is -1.48. The van der Waals surface area contributed by atoms with Crippen LogP contribution in [0.5, 0.6) is 11.5 Å². The first-order valence-corrected chi connectivity index (χ1v) is 21.6. The quantitative estimate of drug-likeness (QED) is 0.171. The Labute approximate surface area is 372 Å². The molecule has 0 spiro atoms. The van der Waals surface area contributed by atoms with E-state index in [1.165, 1.54) is 33.8 Å². The topological polar surface area (TPSA) is 290 Å². The number of Topliss-reactive ketones (excluding diaryl/α,β-unsaturated/α-hetero) is 5. The number of hydrogen-bond acceptors (Lipinski definition) is 18. The molecule has 5 aliphatic heterocycles. The largest absolute Gasteiger partial charge is 0.507 e. The number of ether oxygens (including phenoxy) is 5. The Morgan fingerprint density at radius 1 is 0.754 bits per heavy atom. The number of hydrogen-bond donors (Lipinski definition) is 7. The fourth-order valence-electron chi connectivity index (χ4n) is 10.3. The van der Waals surface area contributed by atoms with E-state index in [1.807, 2.05) is 0 Å². The lowest BCUT2D eigenvalue weighted by molar-refractivity contribution is -0.205. The van der Waals surface area contributed by atoms with Gasteiger partial charge in [0.25, 0.3) is 0 Å². The summed E-state index contributed by atoms with van der Waals surface area (Å²) in [4.78, 5) is 76.2. The summed E-state index contributed by atoms with van der Waals surface area (Å²) in [5.74, 6) is -4.89. The maximum Gasteiger partial charge on any atom is 0.309 e. The van der Waals surface area contributed by atoms with Gasteiger partial charge in [-0.3, -0.25) is 28.8 Å². The average molecular weight is 905 g/mol. The van der Waals surface area contributed by atoms with Gasteiger partial charge in [-0.15, -0.1) is 0 Å². The molecule has 0 aromatic heterocycles. The van der Waals surface area contributed by atoms with Gasteiger partial charge in [-0.25, -0.2) is 0 Å². The Kier molecular flexibility index (Phi) is 11.8. The van der Waals surface area contributed by atoms with Gasteiger partial charge < -0.3 is 59.4 Å². The number of fused-ring (bicyclic) bond motifs is 6. The van der Waals surface area contributed by atoms with E-state index in [0.717, 1.165) is 0 Å². The third-order valence-electron chi connectivity index (χ3n) is 13.9. The monoisotopic (exact) mass is 904 g/mol. The fraction of sp³-hybridized carbons (Fsp3) is 0.532. The van der Waals surface area contributed by atoms with Crippen LogP contribution in [-0.2, 0) is 44.5 Å². The predicted octanol–water partition coefficient (Wildman–Crippen LogP) is 3.13. The molecule has 0 radical (unpaired) electrons. The van der Waals surface area contributed by atoms with Crippen LogP contribution in [0.3, 0.4) is 0 Å². The number of carbonyl (C=O) groups is 6. The second kappa shape index (κ2) is 16.6. The maximum atomic E-state index is 13.6. The third kappa shape index (κ3) is 7.53. The first-order chi connectivity index (χ1) is 30.4. The molecule has 3 saturated heterocycles. The number of allylic oxidation sites excluding steroid dienone is 1. The Balaban J connectivity index is 0.000000177. The Hall–Kier alpha value is -5.18. The molecule has 11 unspecified atom stereocenters. The normalized spacial score (nSPS) is 35.3. The number of benzene rings is 2. The molecule has 18 heteroatoms. The smallest absolute Gasteiger partial charge is 0.309 e. The molecule has 2 aromatic rings. The number of ketones is 5. The van der Waals surface area contributed by atoms with E-state index in [2.05, 4.69) is 0 Å². The minimum Gasteiger partial charge on any atom is -0.507 e. The molecule has 7 N–H and O–H groups in total. The number of aliphatic hydroxyl groups is 5. The lowest BCUT2D eigenvalue weighted by Gasteiger charge is -2.44. The van der Waals surface area contributed by atoms with Crippen LogP contribution in [0.4, 0.5) is 0 Å². The Morgan fingerprint density at radius 2 is 1.38 bits per heavy atom. The summed E-state index contributed by atoms with van der Waals surface area (Å²) in [5, 5.41) is 73.9. The highest BCUT2D eigenvalue weighted by Crippen LogP contribution is 2.51. The molecule has 3 fully saturated rings. The third-order valence-corrected chi connectivity index (χ3v) is 13.9. The molecule has 348 valence electrons. The van der Waals surface area contributed by atoms with E-state index in [1.54, 1.807) is 26.8 Å². The number of phenolic OH excluding ortho intramolecular Hbond substituents is 2. The van der Waals surface area contributed by atoms with E-state index in [0.29, 0.717) is 23.1 Å². The highest BCUT2D eigenvalue weighted by atomic mass is 16.6. The van der Waals surface area contributed by atoms with Crippen molar-refractivity contribution in [3.63, 3.8) is 0 Å². The number of esters is 1. The van der Waals surface area contributed by atoms with Crippen molar-refractivity contribution in [2.45, 2.75) is 159 Å². The van der Waals surface area contributed by atoms with Gasteiger partial charge in [-0.1, -0.05) is 0 Å². The van der Waals surface area contributed by atoms with Gasteiger partial charge in [0, 0.05) is 58.2 Å². The van der Waals surface area contributed by atoms with Crippen molar-refractivity contribution in [1.82, 2.24) is 0 Å². The van der Waals surface area contributed by atoms with E-state index >= 15 is 0 Å². The van der Waals surface area contributed by atoms with Gasteiger partial charge in [0.2, 0.25) is 11.6 Å². The highest BCUT2D eigenvalue weighted by molar-refractivity contribution is 6.53. The van der Waals surface area contributed by atoms with Crippen molar-refractivity contribution in [1.29, 1.82) is 0 Å². The zero-order valence-electron chi connectivity index (χ0n) is 36.7. The Bertz CT molecular complexity index is 2490. The number of rotatable bonds is 4. The molecule has 0 bridgehead atoms. The van der Waals surface area contributed by atoms with Crippen molar-refractivity contribution in [2.24, 2.45) is 0 Å². The SMILES string of the molecule is CC(=O)C[C@H]1Cc2cc3c(c(O)c2[C@H](C)O1)C(=O)C(C)=C(C1CC(O)C(C)(O)C(C)O1)C3=O.CC1OC2CC(=O)OC2c2cc3c(c(O)c21)C(=O)C(=O)C(C1CC(O)C(O)C(C)O1)=C3O. The molecule has 7 aliphatic rings. The van der Waals surface area contributed by atoms with E-state index < -0.39 is 113 Å². The van der Waals surface area contributed by atoms with Gasteiger partial charge in [0.15, 0.2) is 17.7 Å². The van der Waals surface area contributed by atoms with Crippen LogP contribution in [-0.4, -0.2) is 131 Å². The second-order valence-corrected chi connectivity index (χ2v) is 18.3. The lowest BCUT2D eigenvalue weighted by Crippen LogP contribution is -2.57. The molecule has 9 rings (SSSR count). The maximum absolute atomic E-state index is 13.6. The summed E-state index contributed by atoms with van der Waals surface area (Å²) in [7, 11) is 0. The molecule has 65 heavy (non-hydrogen) atoms. The molecule has 0 amide bonds. The molecule has 2 aromatic carbocycles. The summed E-state index contributed by atoms with van der Waals surface area (Å²) in [6, 6.07) is 3.04. The lowest BCUT2D eigenvalue weighted by atomic mass is 9.75. The zero-order valence-corrected chi connectivity index (χ0v) is 36.7. The van der Waals surface area contributed by atoms with Gasteiger partial charge in [-0.05, 0) is 72.6 Å². The average Bonchev–Trinajstić information content (AvgIpc) is 3.59. The molecule has 13 atom stereocenters. The van der Waals surface area contributed by atoms with Crippen LogP contribution in [0, 0.1) is 0 Å². The van der Waals surface area contributed by atoms with Crippen molar-refractivity contribution in [3.05, 3.63) is 73.4 Å². The summed E-state index contributed by atoms with van der Waals surface area (Å²) < 4.78 is 28.5. The number of aliphatic hydroxyl groups excluding tert-OH is 4. The molecule has 0 saturated carbocycles. The fourth-order valence-corrected chi connectivity index (χ4v) is 10.3. The number of carbonyl (C=O) groups excluding carboxylic acids is 6. The van der Waals surface area contributed by atoms with Gasteiger partial charge >= 0.3 is 5.97 Å². The summed E-state index contributed by atoms with van der Waals surface area (Å²) >= 11 is 0. The standard InChI is InChI=1S/C25H30O8.C22H22O10/c1-10(26)6-15-7-14-8-16-21(24(30)20(14)12(3)32-15)22(28)11(2)19(23(16)29)17-9-18(27)25(5,31)13(4)33-17;1-6-14-9(22-12(30-6)5-13(24)32-22)3-8-15(19(14)27)20(28)21(29)16(18(8)26)11-4-10(23)17(25)7(2)31-11/h8,12-13,15,17-18,27,30-31H,6-7,9H2,1-5H3;3,6-7,10-12,17,22-23,25-27H,4-5H2,1-2H3/t12-,13?,15-,17?,18?,25?;/m0./s1. The number of aromatic hydroxyl groups is 2. The van der Waals surface area contributed by atoms with E-state index in [9.17, 15) is 64.5 Å². The van der Waals surface area contributed by atoms with Crippen molar-refractivity contribution in [2.75, 3.05) is 0 Å². The van der Waals surface area contributed by atoms with Crippen LogP contribution < -0.4 is 0 Å². The minimum absolute atomic E-state index is 0.0251. The first kappa shape index (κ1) is 46.4. The predicted molar refractivity (Wildman–Crippen MR) is 222 cm³/mol. The van der Waals surface area contributed by atoms with Gasteiger partial charge in [0.05, 0.1) is 78.1 Å². The molecule has 2 aliphatic carbocycles. The molecular formula is C47H52O18. The zero-order chi connectivity index (χ0) is 47.5. The van der Waals surface area contributed by atoms with E-state index in [4.69, 9.17) is 23.7 Å². The van der Waals surface area contributed by atoms with E-state index in [-0.39, 0.29) is 87.9 Å². The van der Waals surface area contributed by atoms with Crippen LogP contribution in [0.15, 0.2) is 28.9 Å². The Morgan fingerprint density at radius 3 is 2.03 bits per heavy atom. The van der Waals surface area contributed by atoms with Crippen LogP contribution in [0.1, 0.15) is 151 Å². The number of phenols is 2. The van der Waals surface area contributed by atoms with Crippen LogP contribution in [0.25, 0.3) is 5.76 Å². The van der Waals surface area contributed by atoms with Crippen molar-refractivity contribution < 1.29 is 88.2 Å². The highest BCUT2D eigenvalue weighted by Gasteiger charge is 2.51. The summed E-state index contributed by atoms with van der Waals surface area (Å²) in [6.45, 7) is 10.9. The van der Waals surface area contributed by atoms with Gasteiger partial charge in [0.1, 0.15) is 40.9 Å².